The highest BCUT2D eigenvalue weighted by molar-refractivity contribution is 7.98. The Morgan fingerprint density at radius 1 is 1.82 bits per heavy atom. The van der Waals surface area contributed by atoms with Gasteiger partial charge in [0.25, 0.3) is 0 Å². The molecule has 1 heterocycles. The standard InChI is InChI=1S/C7H13N3S/c1-10-4-6(3-9-10)7(8)5-11-2/h3-4,7H,5,8H2,1-2H3. The first-order valence-electron chi connectivity index (χ1n) is 3.47. The molecule has 0 aliphatic heterocycles. The molecular formula is C7H13N3S. The van der Waals surface area contributed by atoms with Gasteiger partial charge in [-0.3, -0.25) is 4.68 Å². The highest BCUT2D eigenvalue weighted by Crippen LogP contribution is 2.12. The van der Waals surface area contributed by atoms with E-state index < -0.39 is 0 Å². The zero-order valence-corrected chi connectivity index (χ0v) is 7.64. The molecule has 0 aliphatic rings. The molecule has 62 valence electrons. The molecule has 0 amide bonds. The highest BCUT2D eigenvalue weighted by atomic mass is 32.2. The molecule has 0 radical (unpaired) electrons. The zero-order chi connectivity index (χ0) is 8.27. The maximum Gasteiger partial charge on any atom is 0.0537 e. The largest absolute Gasteiger partial charge is 0.323 e. The predicted molar refractivity (Wildman–Crippen MR) is 48.5 cm³/mol. The van der Waals surface area contributed by atoms with Crippen molar-refractivity contribution in [3.05, 3.63) is 18.0 Å². The van der Waals surface area contributed by atoms with Crippen LogP contribution < -0.4 is 5.73 Å². The van der Waals surface area contributed by atoms with Crippen molar-refractivity contribution >= 4 is 11.8 Å². The first-order valence-corrected chi connectivity index (χ1v) is 4.86. The third-order valence-electron chi connectivity index (χ3n) is 1.50. The molecule has 1 unspecified atom stereocenters. The summed E-state index contributed by atoms with van der Waals surface area (Å²) in [5, 5.41) is 4.05. The molecule has 0 saturated carbocycles. The summed E-state index contributed by atoms with van der Waals surface area (Å²) in [5.74, 6) is 0.950. The fourth-order valence-corrected chi connectivity index (χ4v) is 1.46. The van der Waals surface area contributed by atoms with Crippen LogP contribution in [0.25, 0.3) is 0 Å². The van der Waals surface area contributed by atoms with E-state index in [2.05, 4.69) is 11.4 Å². The van der Waals surface area contributed by atoms with Crippen LogP contribution in [0.4, 0.5) is 0 Å². The first-order chi connectivity index (χ1) is 5.24. The van der Waals surface area contributed by atoms with E-state index in [-0.39, 0.29) is 6.04 Å². The van der Waals surface area contributed by atoms with Crippen LogP contribution in [0.3, 0.4) is 0 Å². The molecule has 0 aliphatic carbocycles. The van der Waals surface area contributed by atoms with E-state index in [1.165, 1.54) is 0 Å². The van der Waals surface area contributed by atoms with Gasteiger partial charge in [0.2, 0.25) is 0 Å². The lowest BCUT2D eigenvalue weighted by atomic mass is 10.2. The Kier molecular flexibility index (Phi) is 2.96. The lowest BCUT2D eigenvalue weighted by molar-refractivity contribution is 0.763. The molecule has 0 bridgehead atoms. The minimum Gasteiger partial charge on any atom is -0.323 e. The number of hydrogen-bond donors (Lipinski definition) is 1. The number of aromatic nitrogens is 2. The zero-order valence-electron chi connectivity index (χ0n) is 6.82. The van der Waals surface area contributed by atoms with Crippen molar-refractivity contribution in [2.45, 2.75) is 6.04 Å². The van der Waals surface area contributed by atoms with E-state index in [1.54, 1.807) is 16.4 Å². The number of hydrogen-bond acceptors (Lipinski definition) is 3. The van der Waals surface area contributed by atoms with Crippen molar-refractivity contribution in [1.29, 1.82) is 0 Å². The van der Waals surface area contributed by atoms with Gasteiger partial charge in [0, 0.05) is 30.6 Å². The first kappa shape index (κ1) is 8.62. The second kappa shape index (κ2) is 3.78. The Bertz CT molecular complexity index is 221. The highest BCUT2D eigenvalue weighted by Gasteiger charge is 2.05. The number of nitrogens with two attached hydrogens (primary N) is 1. The molecule has 0 saturated heterocycles. The summed E-state index contributed by atoms with van der Waals surface area (Å²) in [5.41, 5.74) is 6.96. The van der Waals surface area contributed by atoms with Crippen molar-refractivity contribution in [1.82, 2.24) is 9.78 Å². The van der Waals surface area contributed by atoms with E-state index in [1.807, 2.05) is 19.4 Å². The van der Waals surface area contributed by atoms with Crippen molar-refractivity contribution in [3.63, 3.8) is 0 Å². The van der Waals surface area contributed by atoms with Crippen LogP contribution in [0, 0.1) is 0 Å². The summed E-state index contributed by atoms with van der Waals surface area (Å²) in [4.78, 5) is 0. The maximum atomic E-state index is 5.84. The molecule has 1 aromatic heterocycles. The van der Waals surface area contributed by atoms with Gasteiger partial charge in [-0.15, -0.1) is 0 Å². The minimum absolute atomic E-state index is 0.124. The smallest absolute Gasteiger partial charge is 0.0537 e. The summed E-state index contributed by atoms with van der Waals surface area (Å²) >= 11 is 1.75. The van der Waals surface area contributed by atoms with Gasteiger partial charge < -0.3 is 5.73 Å². The van der Waals surface area contributed by atoms with Crippen molar-refractivity contribution < 1.29 is 0 Å². The SMILES string of the molecule is CSCC(N)c1cnn(C)c1. The molecule has 2 N–H and O–H groups in total. The van der Waals surface area contributed by atoms with E-state index in [0.29, 0.717) is 0 Å². The van der Waals surface area contributed by atoms with Gasteiger partial charge in [0.1, 0.15) is 0 Å². The molecule has 1 aromatic rings. The lowest BCUT2D eigenvalue weighted by Gasteiger charge is -2.05. The quantitative estimate of drug-likeness (QED) is 0.731. The summed E-state index contributed by atoms with van der Waals surface area (Å²) < 4.78 is 1.77. The van der Waals surface area contributed by atoms with Crippen LogP contribution >= 0.6 is 11.8 Å². The average Bonchev–Trinajstić information content (AvgIpc) is 2.36. The van der Waals surface area contributed by atoms with Crippen LogP contribution in [0.5, 0.6) is 0 Å². The van der Waals surface area contributed by atoms with Gasteiger partial charge >= 0.3 is 0 Å². The third-order valence-corrected chi connectivity index (χ3v) is 2.19. The summed E-state index contributed by atoms with van der Waals surface area (Å²) in [6.45, 7) is 0. The Labute approximate surface area is 71.0 Å². The Hall–Kier alpha value is -0.480. The van der Waals surface area contributed by atoms with Crippen molar-refractivity contribution in [3.8, 4) is 0 Å². The molecule has 1 atom stereocenters. The number of nitrogens with zero attached hydrogens (tertiary/aromatic N) is 2. The van der Waals surface area contributed by atoms with Crippen molar-refractivity contribution in [2.24, 2.45) is 12.8 Å². The van der Waals surface area contributed by atoms with Crippen LogP contribution in [0.1, 0.15) is 11.6 Å². The second-order valence-corrected chi connectivity index (χ2v) is 3.42. The van der Waals surface area contributed by atoms with Crippen LogP contribution in [0.15, 0.2) is 12.4 Å². The third kappa shape index (κ3) is 2.24. The lowest BCUT2D eigenvalue weighted by Crippen LogP contribution is -2.11. The molecule has 1 rings (SSSR count). The van der Waals surface area contributed by atoms with E-state index in [4.69, 9.17) is 5.73 Å². The van der Waals surface area contributed by atoms with Gasteiger partial charge in [-0.2, -0.15) is 16.9 Å². The van der Waals surface area contributed by atoms with Crippen LogP contribution in [-0.2, 0) is 7.05 Å². The number of rotatable bonds is 3. The molecule has 0 fully saturated rings. The topological polar surface area (TPSA) is 43.8 Å². The van der Waals surface area contributed by atoms with Gasteiger partial charge in [0.15, 0.2) is 0 Å². The Balaban J connectivity index is 2.60. The van der Waals surface area contributed by atoms with Gasteiger partial charge in [0.05, 0.1) is 6.20 Å². The summed E-state index contributed by atoms with van der Waals surface area (Å²) in [7, 11) is 1.90. The fraction of sp³-hybridized carbons (Fsp3) is 0.571. The van der Waals surface area contributed by atoms with Crippen molar-refractivity contribution in [2.75, 3.05) is 12.0 Å². The molecular weight excluding hydrogens is 158 g/mol. The normalized spacial score (nSPS) is 13.4. The molecule has 4 heteroatoms. The monoisotopic (exact) mass is 171 g/mol. The van der Waals surface area contributed by atoms with E-state index >= 15 is 0 Å². The average molecular weight is 171 g/mol. The Morgan fingerprint density at radius 2 is 2.55 bits per heavy atom. The number of aryl methyl sites for hydroxylation is 1. The van der Waals surface area contributed by atoms with Gasteiger partial charge in [-0.25, -0.2) is 0 Å². The van der Waals surface area contributed by atoms with Crippen LogP contribution in [-0.4, -0.2) is 21.8 Å². The fourth-order valence-electron chi connectivity index (χ4n) is 0.907. The maximum absolute atomic E-state index is 5.84. The summed E-state index contributed by atoms with van der Waals surface area (Å²) in [6.07, 6.45) is 5.83. The molecule has 3 nitrogen and oxygen atoms in total. The number of thioether (sulfide) groups is 1. The minimum atomic E-state index is 0.124. The predicted octanol–water partition coefficient (Wildman–Crippen LogP) is 0.783. The van der Waals surface area contributed by atoms with Gasteiger partial charge in [-0.05, 0) is 6.26 Å². The van der Waals surface area contributed by atoms with Crippen LogP contribution in [0.2, 0.25) is 0 Å². The summed E-state index contributed by atoms with van der Waals surface area (Å²) in [6, 6.07) is 0.124. The second-order valence-electron chi connectivity index (χ2n) is 2.51. The van der Waals surface area contributed by atoms with Gasteiger partial charge in [-0.1, -0.05) is 0 Å². The Morgan fingerprint density at radius 3 is 3.00 bits per heavy atom. The molecule has 0 aromatic carbocycles. The van der Waals surface area contributed by atoms with E-state index in [0.717, 1.165) is 11.3 Å². The molecule has 0 spiro atoms. The molecule has 11 heavy (non-hydrogen) atoms. The van der Waals surface area contributed by atoms with E-state index in [9.17, 15) is 0 Å².